The molecule has 102 valence electrons. The Hall–Kier alpha value is -0.730. The van der Waals surface area contributed by atoms with Crippen LogP contribution in [0.3, 0.4) is 0 Å². The molecule has 1 saturated carbocycles. The summed E-state index contributed by atoms with van der Waals surface area (Å²) >= 11 is 0. The molecule has 2 unspecified atom stereocenters. The van der Waals surface area contributed by atoms with Crippen molar-refractivity contribution < 1.29 is 19.2 Å². The van der Waals surface area contributed by atoms with Gasteiger partial charge >= 0.3 is 13.8 Å². The fraction of sp³-hybridized carbons (Fsp3) is 0.769. The third-order valence-corrected chi connectivity index (χ3v) is 4.82. The predicted octanol–water partition coefficient (Wildman–Crippen LogP) is 3.25. The molecular weight excluding hydrogens is 251 g/mol. The molecule has 0 aromatic heterocycles. The Morgan fingerprint density at radius 3 is 2.50 bits per heavy atom. The van der Waals surface area contributed by atoms with Crippen molar-refractivity contribution in [1.29, 1.82) is 0 Å². The number of carboxylic acids is 1. The molecule has 4 nitrogen and oxygen atoms in total. The van der Waals surface area contributed by atoms with Gasteiger partial charge in [-0.25, -0.2) is 4.79 Å². The van der Waals surface area contributed by atoms with Gasteiger partial charge in [0.2, 0.25) is 0 Å². The average molecular weight is 273 g/mol. The number of rotatable bonds is 8. The second-order valence-corrected chi connectivity index (χ2v) is 6.66. The van der Waals surface area contributed by atoms with Crippen LogP contribution < -0.4 is 0 Å². The minimum atomic E-state index is -1.69. The molecule has 0 heterocycles. The fourth-order valence-corrected chi connectivity index (χ4v) is 3.51. The summed E-state index contributed by atoms with van der Waals surface area (Å²) < 4.78 is 17.7. The maximum atomic E-state index is 12.2. The molecule has 2 atom stereocenters. The normalized spacial score (nSPS) is 18.9. The summed E-state index contributed by atoms with van der Waals surface area (Å²) in [5.41, 5.74) is 0.281. The number of allylic oxidation sites excluding steroid dienone is 1. The number of carboxylic acid groups (broad SMARTS) is 1. The van der Waals surface area contributed by atoms with Gasteiger partial charge in [-0.2, -0.15) is 0 Å². The molecule has 0 saturated heterocycles. The van der Waals surface area contributed by atoms with Gasteiger partial charge in [-0.3, -0.25) is 0 Å². The summed E-state index contributed by atoms with van der Waals surface area (Å²) in [6.07, 6.45) is 3.97. The van der Waals surface area contributed by atoms with E-state index >= 15 is 0 Å². The SMILES string of the molecule is CCOC(C(C)C)[P+](=O)CC(=CC1CC1)C(=O)O. The molecule has 1 aliphatic rings. The molecule has 5 heteroatoms. The maximum absolute atomic E-state index is 12.2. The van der Waals surface area contributed by atoms with Crippen molar-refractivity contribution in [3.05, 3.63) is 11.6 Å². The predicted molar refractivity (Wildman–Crippen MR) is 71.2 cm³/mol. The lowest BCUT2D eigenvalue weighted by Crippen LogP contribution is -2.18. The van der Waals surface area contributed by atoms with E-state index in [1.165, 1.54) is 0 Å². The second kappa shape index (κ2) is 7.01. The van der Waals surface area contributed by atoms with Crippen molar-refractivity contribution in [2.45, 2.75) is 39.5 Å². The molecular formula is C13H22O4P+. The van der Waals surface area contributed by atoms with Crippen LogP contribution in [0, 0.1) is 11.8 Å². The summed E-state index contributed by atoms with van der Waals surface area (Å²) in [6.45, 7) is 6.24. The molecule has 0 amide bonds. The Morgan fingerprint density at radius 2 is 2.11 bits per heavy atom. The van der Waals surface area contributed by atoms with E-state index in [1.807, 2.05) is 20.8 Å². The Kier molecular flexibility index (Phi) is 5.97. The van der Waals surface area contributed by atoms with Crippen molar-refractivity contribution in [3.63, 3.8) is 0 Å². The Bertz CT molecular complexity index is 345. The molecule has 0 bridgehead atoms. The van der Waals surface area contributed by atoms with Crippen LogP contribution in [0.25, 0.3) is 0 Å². The zero-order valence-corrected chi connectivity index (χ0v) is 12.2. The van der Waals surface area contributed by atoms with Gasteiger partial charge in [-0.15, -0.1) is 0 Å². The van der Waals surface area contributed by atoms with Crippen LogP contribution in [0.4, 0.5) is 0 Å². The van der Waals surface area contributed by atoms with Gasteiger partial charge in [0.15, 0.2) is 6.16 Å². The Morgan fingerprint density at radius 1 is 1.50 bits per heavy atom. The van der Waals surface area contributed by atoms with E-state index in [9.17, 15) is 9.36 Å². The molecule has 0 aromatic carbocycles. The van der Waals surface area contributed by atoms with E-state index in [2.05, 4.69) is 0 Å². The largest absolute Gasteiger partial charge is 0.478 e. The molecule has 1 N–H and O–H groups in total. The third kappa shape index (κ3) is 4.87. The summed E-state index contributed by atoms with van der Waals surface area (Å²) in [7, 11) is -1.69. The monoisotopic (exact) mass is 273 g/mol. The highest BCUT2D eigenvalue weighted by Gasteiger charge is 2.36. The van der Waals surface area contributed by atoms with Crippen LogP contribution in [-0.2, 0) is 14.1 Å². The highest BCUT2D eigenvalue weighted by Crippen LogP contribution is 2.38. The summed E-state index contributed by atoms with van der Waals surface area (Å²) in [5, 5.41) is 9.11. The van der Waals surface area contributed by atoms with E-state index in [4.69, 9.17) is 9.84 Å². The van der Waals surface area contributed by atoms with Gasteiger partial charge in [0.25, 0.3) is 5.85 Å². The Balaban J connectivity index is 2.67. The van der Waals surface area contributed by atoms with Gasteiger partial charge in [0, 0.05) is 12.5 Å². The Labute approximate surface area is 109 Å². The van der Waals surface area contributed by atoms with Crippen molar-refractivity contribution in [3.8, 4) is 0 Å². The van der Waals surface area contributed by atoms with Crippen molar-refractivity contribution >= 4 is 13.8 Å². The topological polar surface area (TPSA) is 63.6 Å². The standard InChI is InChI=1S/C13H21O4P/c1-4-17-13(9(2)3)18(16)8-11(12(14)15)7-10-5-6-10/h7,9-10,13H,4-6,8H2,1-3H3/p+1. The van der Waals surface area contributed by atoms with Crippen LogP contribution in [0.2, 0.25) is 0 Å². The van der Waals surface area contributed by atoms with Gasteiger partial charge < -0.3 is 9.84 Å². The summed E-state index contributed by atoms with van der Waals surface area (Å²) in [4.78, 5) is 11.1. The van der Waals surface area contributed by atoms with Crippen LogP contribution in [0.5, 0.6) is 0 Å². The number of hydrogen-bond donors (Lipinski definition) is 1. The molecule has 0 spiro atoms. The van der Waals surface area contributed by atoms with Crippen LogP contribution in [-0.4, -0.2) is 29.7 Å². The lowest BCUT2D eigenvalue weighted by atomic mass is 10.2. The average Bonchev–Trinajstić information content (AvgIpc) is 3.07. The first-order valence-corrected chi connectivity index (χ1v) is 7.96. The fourth-order valence-electron chi connectivity index (χ4n) is 1.78. The molecule has 0 aliphatic heterocycles. The van der Waals surface area contributed by atoms with Gasteiger partial charge in [0.1, 0.15) is 0 Å². The number of ether oxygens (including phenoxy) is 1. The summed E-state index contributed by atoms with van der Waals surface area (Å²) in [6, 6.07) is 0. The van der Waals surface area contributed by atoms with Crippen LogP contribution in [0.1, 0.15) is 33.6 Å². The van der Waals surface area contributed by atoms with E-state index in [1.54, 1.807) is 6.08 Å². The molecule has 0 radical (unpaired) electrons. The lowest BCUT2D eigenvalue weighted by Gasteiger charge is -2.11. The zero-order chi connectivity index (χ0) is 13.7. The van der Waals surface area contributed by atoms with Gasteiger partial charge in [-0.1, -0.05) is 24.5 Å². The molecule has 1 aliphatic carbocycles. The first-order valence-electron chi connectivity index (χ1n) is 6.45. The third-order valence-electron chi connectivity index (χ3n) is 2.85. The zero-order valence-electron chi connectivity index (χ0n) is 11.3. The number of aliphatic carboxylic acids is 1. The first kappa shape index (κ1) is 15.3. The highest BCUT2D eigenvalue weighted by molar-refractivity contribution is 7.45. The molecule has 1 fully saturated rings. The van der Waals surface area contributed by atoms with E-state index in [-0.39, 0.29) is 23.5 Å². The summed E-state index contributed by atoms with van der Waals surface area (Å²) in [5.74, 6) is -0.801. The van der Waals surface area contributed by atoms with Crippen molar-refractivity contribution in [2.75, 3.05) is 12.8 Å². The van der Waals surface area contributed by atoms with Crippen molar-refractivity contribution in [2.24, 2.45) is 11.8 Å². The first-order chi connectivity index (χ1) is 8.45. The van der Waals surface area contributed by atoms with E-state index in [0.717, 1.165) is 12.8 Å². The molecule has 0 aromatic rings. The van der Waals surface area contributed by atoms with Gasteiger partial charge in [0.05, 0.1) is 5.57 Å². The van der Waals surface area contributed by atoms with Crippen LogP contribution >= 0.6 is 7.80 Å². The highest BCUT2D eigenvalue weighted by atomic mass is 31.1. The number of hydrogen-bond acceptors (Lipinski definition) is 3. The minimum Gasteiger partial charge on any atom is -0.478 e. The van der Waals surface area contributed by atoms with Crippen molar-refractivity contribution in [1.82, 2.24) is 0 Å². The lowest BCUT2D eigenvalue weighted by molar-refractivity contribution is -0.132. The van der Waals surface area contributed by atoms with Crippen LogP contribution in [0.15, 0.2) is 11.6 Å². The van der Waals surface area contributed by atoms with E-state index < -0.39 is 13.8 Å². The van der Waals surface area contributed by atoms with Gasteiger partial charge in [-0.05, 0) is 25.7 Å². The quantitative estimate of drug-likeness (QED) is 0.544. The minimum absolute atomic E-state index is 0.115. The molecule has 1 rings (SSSR count). The molecule has 18 heavy (non-hydrogen) atoms. The van der Waals surface area contributed by atoms with E-state index in [0.29, 0.717) is 12.5 Å². The maximum Gasteiger partial charge on any atom is 0.375 e. The second-order valence-electron chi connectivity index (χ2n) is 5.00. The number of carbonyl (C=O) groups is 1. The smallest absolute Gasteiger partial charge is 0.375 e.